The Morgan fingerprint density at radius 1 is 1.43 bits per heavy atom. The molecule has 0 unspecified atom stereocenters. The lowest BCUT2D eigenvalue weighted by Crippen LogP contribution is -2.37. The first-order chi connectivity index (χ1) is 6.61. The van der Waals surface area contributed by atoms with Gasteiger partial charge in [-0.3, -0.25) is 0 Å². The Morgan fingerprint density at radius 2 is 2.07 bits per heavy atom. The van der Waals surface area contributed by atoms with E-state index in [0.29, 0.717) is 6.54 Å². The van der Waals surface area contributed by atoms with Crippen LogP contribution in [0.3, 0.4) is 0 Å². The van der Waals surface area contributed by atoms with Crippen LogP contribution >= 0.6 is 0 Å². The summed E-state index contributed by atoms with van der Waals surface area (Å²) in [5.41, 5.74) is 5.30. The first-order valence-corrected chi connectivity index (χ1v) is 6.92. The fraction of sp³-hybridized carbons (Fsp3) is 1.00. The van der Waals surface area contributed by atoms with Gasteiger partial charge in [0.25, 0.3) is 0 Å². The van der Waals surface area contributed by atoms with Crippen LogP contribution in [0.5, 0.6) is 0 Å². The topological polar surface area (TPSA) is 63.4 Å². The van der Waals surface area contributed by atoms with Crippen LogP contribution in [0.4, 0.5) is 0 Å². The average Bonchev–Trinajstić information content (AvgIpc) is 2.88. The second-order valence-electron chi connectivity index (χ2n) is 3.80. The van der Waals surface area contributed by atoms with Gasteiger partial charge < -0.3 is 5.73 Å². The SMILES string of the molecule is CCCCN(C1CC1)S(=O)(=O)CCN. The zero-order valence-corrected chi connectivity index (χ0v) is 9.59. The molecule has 0 spiro atoms. The van der Waals surface area contributed by atoms with E-state index in [1.807, 2.05) is 0 Å². The van der Waals surface area contributed by atoms with Gasteiger partial charge in [0.15, 0.2) is 0 Å². The van der Waals surface area contributed by atoms with Crippen molar-refractivity contribution in [2.45, 2.75) is 38.6 Å². The number of sulfonamides is 1. The lowest BCUT2D eigenvalue weighted by Gasteiger charge is -2.21. The Morgan fingerprint density at radius 3 is 2.50 bits per heavy atom. The fourth-order valence-corrected chi connectivity index (χ4v) is 3.10. The molecular weight excluding hydrogens is 200 g/mol. The number of rotatable bonds is 7. The molecule has 84 valence electrons. The van der Waals surface area contributed by atoms with Gasteiger partial charge >= 0.3 is 0 Å². The molecule has 0 aromatic rings. The van der Waals surface area contributed by atoms with E-state index in [0.717, 1.165) is 25.7 Å². The van der Waals surface area contributed by atoms with Crippen LogP contribution in [0.2, 0.25) is 0 Å². The van der Waals surface area contributed by atoms with Crippen molar-refractivity contribution in [1.82, 2.24) is 4.31 Å². The summed E-state index contributed by atoms with van der Waals surface area (Å²) >= 11 is 0. The van der Waals surface area contributed by atoms with Crippen molar-refractivity contribution in [2.24, 2.45) is 5.73 Å². The molecule has 0 amide bonds. The molecule has 2 N–H and O–H groups in total. The molecule has 1 aliphatic rings. The second kappa shape index (κ2) is 5.09. The number of unbranched alkanes of at least 4 members (excludes halogenated alkanes) is 1. The van der Waals surface area contributed by atoms with Crippen molar-refractivity contribution in [1.29, 1.82) is 0 Å². The Balaban J connectivity index is 2.56. The van der Waals surface area contributed by atoms with Gasteiger partial charge in [0.05, 0.1) is 5.75 Å². The zero-order valence-electron chi connectivity index (χ0n) is 8.78. The Labute approximate surface area is 86.5 Å². The van der Waals surface area contributed by atoms with Gasteiger partial charge in [-0.15, -0.1) is 0 Å². The highest BCUT2D eigenvalue weighted by Crippen LogP contribution is 2.29. The number of nitrogens with two attached hydrogens (primary N) is 1. The van der Waals surface area contributed by atoms with Crippen molar-refractivity contribution in [3.05, 3.63) is 0 Å². The molecule has 5 heteroatoms. The summed E-state index contributed by atoms with van der Waals surface area (Å²) in [6.07, 6.45) is 4.02. The van der Waals surface area contributed by atoms with E-state index in [2.05, 4.69) is 6.92 Å². The molecule has 0 radical (unpaired) electrons. The molecule has 0 heterocycles. The van der Waals surface area contributed by atoms with E-state index >= 15 is 0 Å². The summed E-state index contributed by atoms with van der Waals surface area (Å²) in [5, 5.41) is 0. The Bertz CT molecular complexity index is 260. The van der Waals surface area contributed by atoms with Gasteiger partial charge in [-0.05, 0) is 19.3 Å². The van der Waals surface area contributed by atoms with Crippen LogP contribution in [0, 0.1) is 0 Å². The molecular formula is C9H20N2O2S. The average molecular weight is 220 g/mol. The molecule has 1 aliphatic carbocycles. The lowest BCUT2D eigenvalue weighted by molar-refractivity contribution is 0.396. The predicted molar refractivity (Wildman–Crippen MR) is 57.5 cm³/mol. The van der Waals surface area contributed by atoms with Gasteiger partial charge in [-0.25, -0.2) is 8.42 Å². The summed E-state index contributed by atoms with van der Waals surface area (Å²) < 4.78 is 25.2. The molecule has 0 bridgehead atoms. The molecule has 0 aromatic heterocycles. The predicted octanol–water partition coefficient (Wildman–Crippen LogP) is 0.539. The highest BCUT2D eigenvalue weighted by atomic mass is 32.2. The van der Waals surface area contributed by atoms with Crippen molar-refractivity contribution in [2.75, 3.05) is 18.8 Å². The highest BCUT2D eigenvalue weighted by Gasteiger charge is 2.35. The standard InChI is InChI=1S/C9H20N2O2S/c1-2-3-7-11(9-4-5-9)14(12,13)8-6-10/h9H,2-8,10H2,1H3. The quantitative estimate of drug-likeness (QED) is 0.681. The Hall–Kier alpha value is -0.130. The first-order valence-electron chi connectivity index (χ1n) is 5.31. The number of nitrogens with zero attached hydrogens (tertiary/aromatic N) is 1. The Kier molecular flexibility index (Phi) is 4.34. The first kappa shape index (κ1) is 11.9. The van der Waals surface area contributed by atoms with E-state index in [1.54, 1.807) is 4.31 Å². The van der Waals surface area contributed by atoms with Crippen LogP contribution in [0.15, 0.2) is 0 Å². The van der Waals surface area contributed by atoms with Crippen LogP contribution in [0.1, 0.15) is 32.6 Å². The second-order valence-corrected chi connectivity index (χ2v) is 5.84. The third kappa shape index (κ3) is 3.22. The molecule has 0 saturated heterocycles. The molecule has 0 aromatic carbocycles. The highest BCUT2D eigenvalue weighted by molar-refractivity contribution is 7.89. The third-order valence-corrected chi connectivity index (χ3v) is 4.37. The van der Waals surface area contributed by atoms with E-state index in [9.17, 15) is 8.42 Å². The fourth-order valence-electron chi connectivity index (χ4n) is 1.49. The number of hydrogen-bond acceptors (Lipinski definition) is 3. The van der Waals surface area contributed by atoms with Crippen molar-refractivity contribution >= 4 is 10.0 Å². The van der Waals surface area contributed by atoms with Crippen molar-refractivity contribution in [3.8, 4) is 0 Å². The molecule has 1 saturated carbocycles. The van der Waals surface area contributed by atoms with E-state index in [-0.39, 0.29) is 18.3 Å². The molecule has 0 aliphatic heterocycles. The summed E-state index contributed by atoms with van der Waals surface area (Å²) in [6.45, 7) is 2.96. The maximum absolute atomic E-state index is 11.8. The number of hydrogen-bond donors (Lipinski definition) is 1. The summed E-state index contributed by atoms with van der Waals surface area (Å²) in [7, 11) is -3.07. The van der Waals surface area contributed by atoms with Crippen LogP contribution in [0.25, 0.3) is 0 Å². The normalized spacial score (nSPS) is 17.6. The van der Waals surface area contributed by atoms with E-state index in [4.69, 9.17) is 5.73 Å². The van der Waals surface area contributed by atoms with Crippen LogP contribution in [-0.4, -0.2) is 37.6 Å². The minimum Gasteiger partial charge on any atom is -0.329 e. The van der Waals surface area contributed by atoms with E-state index in [1.165, 1.54) is 0 Å². The van der Waals surface area contributed by atoms with E-state index < -0.39 is 10.0 Å². The van der Waals surface area contributed by atoms with Gasteiger partial charge in [0.2, 0.25) is 10.0 Å². The lowest BCUT2D eigenvalue weighted by atomic mass is 10.3. The maximum Gasteiger partial charge on any atom is 0.215 e. The van der Waals surface area contributed by atoms with Gasteiger partial charge in [-0.2, -0.15) is 4.31 Å². The van der Waals surface area contributed by atoms with Crippen LogP contribution in [-0.2, 0) is 10.0 Å². The minimum atomic E-state index is -3.07. The van der Waals surface area contributed by atoms with Crippen molar-refractivity contribution in [3.63, 3.8) is 0 Å². The summed E-state index contributed by atoms with van der Waals surface area (Å²) in [6, 6.07) is 0.276. The largest absolute Gasteiger partial charge is 0.329 e. The summed E-state index contributed by atoms with van der Waals surface area (Å²) in [4.78, 5) is 0. The van der Waals surface area contributed by atoms with Gasteiger partial charge in [0, 0.05) is 19.1 Å². The molecule has 0 atom stereocenters. The van der Waals surface area contributed by atoms with Crippen LogP contribution < -0.4 is 5.73 Å². The molecule has 4 nitrogen and oxygen atoms in total. The summed E-state index contributed by atoms with van der Waals surface area (Å²) in [5.74, 6) is 0.0905. The van der Waals surface area contributed by atoms with Gasteiger partial charge in [0.1, 0.15) is 0 Å². The van der Waals surface area contributed by atoms with Gasteiger partial charge in [-0.1, -0.05) is 13.3 Å². The molecule has 1 fully saturated rings. The maximum atomic E-state index is 11.8. The molecule has 14 heavy (non-hydrogen) atoms. The smallest absolute Gasteiger partial charge is 0.215 e. The molecule has 1 rings (SSSR count). The monoisotopic (exact) mass is 220 g/mol. The zero-order chi connectivity index (χ0) is 10.6. The minimum absolute atomic E-state index is 0.0905. The third-order valence-electron chi connectivity index (χ3n) is 2.42. The van der Waals surface area contributed by atoms with Crippen molar-refractivity contribution < 1.29 is 8.42 Å².